The molecule has 0 fully saturated rings. The minimum atomic E-state index is 0.0297. The Morgan fingerprint density at radius 1 is 1.17 bits per heavy atom. The predicted molar refractivity (Wildman–Crippen MR) is 113 cm³/mol. The maximum atomic E-state index is 12.4. The third kappa shape index (κ3) is 4.49. The highest BCUT2D eigenvalue weighted by Gasteiger charge is 2.14. The fraction of sp³-hybridized carbons (Fsp3) is 0.227. The molecule has 0 aliphatic heterocycles. The molecule has 6 nitrogen and oxygen atoms in total. The molecule has 148 valence electrons. The van der Waals surface area contributed by atoms with Gasteiger partial charge in [0.1, 0.15) is 5.69 Å². The number of aryl methyl sites for hydroxylation is 1. The van der Waals surface area contributed by atoms with E-state index in [2.05, 4.69) is 34.2 Å². The van der Waals surface area contributed by atoms with Gasteiger partial charge in [0.25, 0.3) is 5.89 Å². The summed E-state index contributed by atoms with van der Waals surface area (Å²) in [6.07, 6.45) is 0.853. The van der Waals surface area contributed by atoms with Crippen molar-refractivity contribution in [3.8, 4) is 11.6 Å². The maximum absolute atomic E-state index is 12.4. The molecule has 0 atom stereocenters. The van der Waals surface area contributed by atoms with Gasteiger partial charge in [-0.1, -0.05) is 40.5 Å². The number of rotatable bonds is 6. The van der Waals surface area contributed by atoms with E-state index in [0.717, 1.165) is 22.2 Å². The summed E-state index contributed by atoms with van der Waals surface area (Å²) in [6.45, 7) is 2.57. The van der Waals surface area contributed by atoms with Gasteiger partial charge >= 0.3 is 0 Å². The van der Waals surface area contributed by atoms with Gasteiger partial charge in [-0.2, -0.15) is 4.98 Å². The van der Waals surface area contributed by atoms with Crippen LogP contribution in [-0.4, -0.2) is 39.5 Å². The zero-order chi connectivity index (χ0) is 20.4. The van der Waals surface area contributed by atoms with Gasteiger partial charge in [0.2, 0.25) is 5.91 Å². The molecule has 0 spiro atoms. The number of likely N-dealkylation sites (N-methyl/N-ethyl adjacent to an activating group) is 1. The SMILES string of the molecule is Cc1ccc2[nH]c(-c3nc(CCN(C)C(=O)Cc4ccc(Cl)cc4)no3)cc2c1. The van der Waals surface area contributed by atoms with Crippen LogP contribution in [0.4, 0.5) is 0 Å². The molecule has 0 saturated carbocycles. The van der Waals surface area contributed by atoms with Gasteiger partial charge in [0, 0.05) is 35.9 Å². The molecular weight excluding hydrogens is 388 g/mol. The number of halogens is 1. The van der Waals surface area contributed by atoms with Crippen molar-refractivity contribution >= 4 is 28.4 Å². The Hall–Kier alpha value is -3.12. The van der Waals surface area contributed by atoms with E-state index in [4.69, 9.17) is 16.1 Å². The van der Waals surface area contributed by atoms with Crippen LogP contribution in [0.3, 0.4) is 0 Å². The van der Waals surface area contributed by atoms with Crippen LogP contribution < -0.4 is 0 Å². The summed E-state index contributed by atoms with van der Waals surface area (Å²) >= 11 is 5.88. The Bertz CT molecular complexity index is 1150. The van der Waals surface area contributed by atoms with Crippen LogP contribution in [0.25, 0.3) is 22.5 Å². The number of H-pyrrole nitrogens is 1. The van der Waals surface area contributed by atoms with E-state index in [-0.39, 0.29) is 5.91 Å². The number of benzene rings is 2. The van der Waals surface area contributed by atoms with Crippen LogP contribution in [0.15, 0.2) is 53.1 Å². The second-order valence-electron chi connectivity index (χ2n) is 7.16. The highest BCUT2D eigenvalue weighted by Crippen LogP contribution is 2.23. The summed E-state index contributed by atoms with van der Waals surface area (Å²) in [7, 11) is 1.78. The summed E-state index contributed by atoms with van der Waals surface area (Å²) in [4.78, 5) is 21.8. The topological polar surface area (TPSA) is 75.0 Å². The van der Waals surface area contributed by atoms with Crippen LogP contribution in [0.2, 0.25) is 5.02 Å². The zero-order valence-electron chi connectivity index (χ0n) is 16.3. The quantitative estimate of drug-likeness (QED) is 0.512. The number of hydrogen-bond acceptors (Lipinski definition) is 4. The number of carbonyl (C=O) groups is 1. The van der Waals surface area contributed by atoms with E-state index in [1.807, 2.05) is 24.3 Å². The van der Waals surface area contributed by atoms with Crippen molar-refractivity contribution < 1.29 is 9.32 Å². The van der Waals surface area contributed by atoms with Crippen molar-refractivity contribution in [3.63, 3.8) is 0 Å². The predicted octanol–water partition coefficient (Wildman–Crippen LogP) is 4.42. The summed E-state index contributed by atoms with van der Waals surface area (Å²) < 4.78 is 5.40. The van der Waals surface area contributed by atoms with E-state index in [1.54, 1.807) is 24.1 Å². The Morgan fingerprint density at radius 3 is 2.76 bits per heavy atom. The first-order valence-electron chi connectivity index (χ1n) is 9.39. The Morgan fingerprint density at radius 2 is 1.97 bits per heavy atom. The fourth-order valence-corrected chi connectivity index (χ4v) is 3.26. The van der Waals surface area contributed by atoms with Crippen LogP contribution in [0.5, 0.6) is 0 Å². The van der Waals surface area contributed by atoms with Gasteiger partial charge in [-0.3, -0.25) is 4.79 Å². The zero-order valence-corrected chi connectivity index (χ0v) is 17.0. The van der Waals surface area contributed by atoms with Crippen LogP contribution in [0.1, 0.15) is 17.0 Å². The lowest BCUT2D eigenvalue weighted by molar-refractivity contribution is -0.129. The van der Waals surface area contributed by atoms with Gasteiger partial charge in [0.05, 0.1) is 6.42 Å². The van der Waals surface area contributed by atoms with E-state index in [1.165, 1.54) is 5.56 Å². The third-order valence-electron chi connectivity index (χ3n) is 4.84. The first-order chi connectivity index (χ1) is 14.0. The molecule has 2 aromatic carbocycles. The second-order valence-corrected chi connectivity index (χ2v) is 7.59. The number of carbonyl (C=O) groups excluding carboxylic acids is 1. The summed E-state index contributed by atoms with van der Waals surface area (Å²) in [5.74, 6) is 1.05. The molecule has 2 aromatic heterocycles. The molecule has 1 N–H and O–H groups in total. The molecular formula is C22H21ClN4O2. The maximum Gasteiger partial charge on any atom is 0.274 e. The largest absolute Gasteiger partial charge is 0.351 e. The first kappa shape index (κ1) is 19.2. The Kier molecular flexibility index (Phi) is 5.36. The smallest absolute Gasteiger partial charge is 0.274 e. The van der Waals surface area contributed by atoms with Crippen molar-refractivity contribution in [2.75, 3.05) is 13.6 Å². The monoisotopic (exact) mass is 408 g/mol. The Labute approximate surface area is 173 Å². The average Bonchev–Trinajstić information content (AvgIpc) is 3.34. The van der Waals surface area contributed by atoms with Crippen molar-refractivity contribution in [1.29, 1.82) is 0 Å². The van der Waals surface area contributed by atoms with Gasteiger partial charge in [-0.25, -0.2) is 0 Å². The molecule has 0 unspecified atom stereocenters. The molecule has 29 heavy (non-hydrogen) atoms. The van der Waals surface area contributed by atoms with Crippen LogP contribution in [-0.2, 0) is 17.6 Å². The Balaban J connectivity index is 1.37. The molecule has 4 aromatic rings. The standard InChI is InChI=1S/C22H21ClN4O2/c1-14-3-8-18-16(11-14)13-19(24-18)22-25-20(26-29-22)9-10-27(2)21(28)12-15-4-6-17(23)7-5-15/h3-8,11,13,24H,9-10,12H2,1-2H3. The summed E-state index contributed by atoms with van der Waals surface area (Å²) in [5, 5.41) is 5.81. The van der Waals surface area contributed by atoms with Crippen molar-refractivity contribution in [1.82, 2.24) is 20.0 Å². The first-order valence-corrected chi connectivity index (χ1v) is 9.76. The summed E-state index contributed by atoms with van der Waals surface area (Å²) in [5.41, 5.74) is 3.94. The lowest BCUT2D eigenvalue weighted by Gasteiger charge is -2.16. The van der Waals surface area contributed by atoms with E-state index >= 15 is 0 Å². The number of fused-ring (bicyclic) bond motifs is 1. The molecule has 0 aliphatic rings. The van der Waals surface area contributed by atoms with Crippen molar-refractivity contribution in [3.05, 3.63) is 70.5 Å². The molecule has 0 bridgehead atoms. The van der Waals surface area contributed by atoms with Gasteiger partial charge < -0.3 is 14.4 Å². The average molecular weight is 409 g/mol. The van der Waals surface area contributed by atoms with Gasteiger partial charge in [-0.05, 0) is 42.8 Å². The van der Waals surface area contributed by atoms with Crippen LogP contribution >= 0.6 is 11.6 Å². The minimum Gasteiger partial charge on any atom is -0.351 e. The van der Waals surface area contributed by atoms with E-state index in [9.17, 15) is 4.79 Å². The van der Waals surface area contributed by atoms with Gasteiger partial charge in [-0.15, -0.1) is 0 Å². The number of amides is 1. The molecule has 0 saturated heterocycles. The van der Waals surface area contributed by atoms with Gasteiger partial charge in [0.15, 0.2) is 5.82 Å². The minimum absolute atomic E-state index is 0.0297. The second kappa shape index (κ2) is 8.09. The molecule has 1 amide bonds. The van der Waals surface area contributed by atoms with Crippen molar-refractivity contribution in [2.24, 2.45) is 0 Å². The normalized spacial score (nSPS) is 11.1. The molecule has 7 heteroatoms. The third-order valence-corrected chi connectivity index (χ3v) is 5.09. The molecule has 4 rings (SSSR count). The van der Waals surface area contributed by atoms with Crippen molar-refractivity contribution in [2.45, 2.75) is 19.8 Å². The number of aromatic nitrogens is 3. The highest BCUT2D eigenvalue weighted by atomic mass is 35.5. The molecule has 0 radical (unpaired) electrons. The highest BCUT2D eigenvalue weighted by molar-refractivity contribution is 6.30. The molecule has 2 heterocycles. The number of nitrogens with one attached hydrogen (secondary N) is 1. The van der Waals surface area contributed by atoms with E-state index < -0.39 is 0 Å². The summed E-state index contributed by atoms with van der Waals surface area (Å²) in [6, 6.07) is 15.5. The van der Waals surface area contributed by atoms with E-state index in [0.29, 0.717) is 36.1 Å². The fourth-order valence-electron chi connectivity index (χ4n) is 3.14. The lowest BCUT2D eigenvalue weighted by atomic mass is 10.1. The number of aromatic amines is 1. The lowest BCUT2D eigenvalue weighted by Crippen LogP contribution is -2.30. The van der Waals surface area contributed by atoms with Crippen LogP contribution in [0, 0.1) is 6.92 Å². The number of nitrogens with zero attached hydrogens (tertiary/aromatic N) is 3. The molecule has 0 aliphatic carbocycles. The number of hydrogen-bond donors (Lipinski definition) is 1.